The molecule has 0 rings (SSSR count). The van der Waals surface area contributed by atoms with Crippen LogP contribution in [0.3, 0.4) is 0 Å². The Hall–Kier alpha value is 0.250. The predicted molar refractivity (Wildman–Crippen MR) is 43.0 cm³/mol. The molecular weight excluding hydrogens is 134 g/mol. The van der Waals surface area contributed by atoms with Crippen molar-refractivity contribution in [2.75, 3.05) is 19.0 Å². The Bertz CT molecular complexity index is 56.9. The van der Waals surface area contributed by atoms with E-state index < -0.39 is 0 Å². The fraction of sp³-hybridized carbons (Fsp3) is 1.00. The number of hydrogen-bond donors (Lipinski definition) is 1. The van der Waals surface area contributed by atoms with Crippen molar-refractivity contribution in [3.8, 4) is 0 Å². The van der Waals surface area contributed by atoms with E-state index in [4.69, 9.17) is 11.6 Å². The van der Waals surface area contributed by atoms with Crippen LogP contribution in [0.1, 0.15) is 20.3 Å². The standard InChI is InChI=1S/C7H16ClN/c1-3-4-9-6-7(2)5-8/h7,9H,3-6H2,1-2H3. The van der Waals surface area contributed by atoms with Crippen LogP contribution in [0, 0.1) is 5.92 Å². The SMILES string of the molecule is CCCNCC(C)CCl. The molecule has 9 heavy (non-hydrogen) atoms. The van der Waals surface area contributed by atoms with Gasteiger partial charge >= 0.3 is 0 Å². The largest absolute Gasteiger partial charge is 0.316 e. The topological polar surface area (TPSA) is 12.0 Å². The lowest BCUT2D eigenvalue weighted by Gasteiger charge is -2.06. The Morgan fingerprint density at radius 1 is 1.56 bits per heavy atom. The van der Waals surface area contributed by atoms with Crippen LogP contribution in [-0.4, -0.2) is 19.0 Å². The first kappa shape index (κ1) is 9.25. The number of nitrogens with one attached hydrogen (secondary N) is 1. The molecule has 0 aliphatic carbocycles. The summed E-state index contributed by atoms with van der Waals surface area (Å²) in [5.41, 5.74) is 0. The molecule has 0 spiro atoms. The van der Waals surface area contributed by atoms with Crippen molar-refractivity contribution in [1.82, 2.24) is 5.32 Å². The van der Waals surface area contributed by atoms with E-state index in [0.29, 0.717) is 5.92 Å². The lowest BCUT2D eigenvalue weighted by molar-refractivity contribution is 0.555. The first-order chi connectivity index (χ1) is 4.31. The molecule has 1 N–H and O–H groups in total. The minimum atomic E-state index is 0.609. The summed E-state index contributed by atoms with van der Waals surface area (Å²) in [6.45, 7) is 6.48. The van der Waals surface area contributed by atoms with Gasteiger partial charge in [0.1, 0.15) is 0 Å². The molecule has 0 bridgehead atoms. The maximum Gasteiger partial charge on any atom is 0.0261 e. The van der Waals surface area contributed by atoms with E-state index in [1.165, 1.54) is 6.42 Å². The van der Waals surface area contributed by atoms with E-state index in [9.17, 15) is 0 Å². The third-order valence-corrected chi connectivity index (χ3v) is 1.71. The van der Waals surface area contributed by atoms with E-state index in [0.717, 1.165) is 19.0 Å². The van der Waals surface area contributed by atoms with E-state index in [1.54, 1.807) is 0 Å². The minimum Gasteiger partial charge on any atom is -0.316 e. The molecule has 0 amide bonds. The van der Waals surface area contributed by atoms with Gasteiger partial charge in [-0.05, 0) is 25.4 Å². The summed E-state index contributed by atoms with van der Waals surface area (Å²) < 4.78 is 0. The molecule has 0 heterocycles. The highest BCUT2D eigenvalue weighted by Gasteiger charge is 1.96. The lowest BCUT2D eigenvalue weighted by Crippen LogP contribution is -2.22. The molecule has 0 saturated heterocycles. The summed E-state index contributed by atoms with van der Waals surface area (Å²) in [7, 11) is 0. The fourth-order valence-electron chi connectivity index (χ4n) is 0.580. The quantitative estimate of drug-likeness (QED) is 0.465. The predicted octanol–water partition coefficient (Wildman–Crippen LogP) is 1.86. The molecule has 0 aromatic rings. The highest BCUT2D eigenvalue weighted by atomic mass is 35.5. The summed E-state index contributed by atoms with van der Waals surface area (Å²) in [5, 5.41) is 3.30. The molecule has 0 aromatic heterocycles. The first-order valence-corrected chi connectivity index (χ1v) is 4.11. The molecule has 2 heteroatoms. The van der Waals surface area contributed by atoms with Crippen LogP contribution in [0.5, 0.6) is 0 Å². The van der Waals surface area contributed by atoms with Crippen molar-refractivity contribution in [1.29, 1.82) is 0 Å². The van der Waals surface area contributed by atoms with Crippen molar-refractivity contribution >= 4 is 11.6 Å². The lowest BCUT2D eigenvalue weighted by atomic mass is 10.2. The Balaban J connectivity index is 2.88. The second-order valence-corrected chi connectivity index (χ2v) is 2.77. The molecule has 1 atom stereocenters. The van der Waals surface area contributed by atoms with Crippen LogP contribution in [-0.2, 0) is 0 Å². The van der Waals surface area contributed by atoms with Crippen LogP contribution in [0.25, 0.3) is 0 Å². The number of alkyl halides is 1. The smallest absolute Gasteiger partial charge is 0.0261 e. The molecule has 1 nitrogen and oxygen atoms in total. The van der Waals surface area contributed by atoms with Crippen LogP contribution >= 0.6 is 11.6 Å². The molecule has 0 aliphatic heterocycles. The first-order valence-electron chi connectivity index (χ1n) is 3.58. The van der Waals surface area contributed by atoms with Gasteiger partial charge in [0.05, 0.1) is 0 Å². The summed E-state index contributed by atoms with van der Waals surface area (Å²) in [6, 6.07) is 0. The second kappa shape index (κ2) is 6.37. The van der Waals surface area contributed by atoms with Gasteiger partial charge in [-0.15, -0.1) is 11.6 Å². The number of hydrogen-bond acceptors (Lipinski definition) is 1. The fourth-order valence-corrected chi connectivity index (χ4v) is 0.689. The Kier molecular flexibility index (Phi) is 6.55. The molecule has 0 fully saturated rings. The number of rotatable bonds is 5. The Morgan fingerprint density at radius 2 is 2.22 bits per heavy atom. The molecule has 0 aromatic carbocycles. The molecule has 0 saturated carbocycles. The number of halogens is 1. The van der Waals surface area contributed by atoms with Crippen LogP contribution in [0.4, 0.5) is 0 Å². The van der Waals surface area contributed by atoms with E-state index in [2.05, 4.69) is 19.2 Å². The summed E-state index contributed by atoms with van der Waals surface area (Å²) >= 11 is 5.59. The molecule has 1 unspecified atom stereocenters. The molecular formula is C7H16ClN. The highest BCUT2D eigenvalue weighted by Crippen LogP contribution is 1.94. The van der Waals surface area contributed by atoms with E-state index in [-0.39, 0.29) is 0 Å². The maximum absolute atomic E-state index is 5.59. The van der Waals surface area contributed by atoms with E-state index >= 15 is 0 Å². The van der Waals surface area contributed by atoms with Crippen LogP contribution < -0.4 is 5.32 Å². The third-order valence-electron chi connectivity index (χ3n) is 1.18. The van der Waals surface area contributed by atoms with Gasteiger partial charge in [0.15, 0.2) is 0 Å². The zero-order chi connectivity index (χ0) is 7.11. The summed E-state index contributed by atoms with van der Waals surface area (Å²) in [5.74, 6) is 1.37. The van der Waals surface area contributed by atoms with Crippen molar-refractivity contribution in [3.05, 3.63) is 0 Å². The third kappa shape index (κ3) is 6.13. The van der Waals surface area contributed by atoms with Crippen molar-refractivity contribution in [3.63, 3.8) is 0 Å². The van der Waals surface area contributed by atoms with Gasteiger partial charge in [-0.25, -0.2) is 0 Å². The van der Waals surface area contributed by atoms with Crippen molar-refractivity contribution in [2.45, 2.75) is 20.3 Å². The van der Waals surface area contributed by atoms with Crippen molar-refractivity contribution < 1.29 is 0 Å². The highest BCUT2D eigenvalue weighted by molar-refractivity contribution is 6.18. The van der Waals surface area contributed by atoms with Gasteiger partial charge in [0, 0.05) is 5.88 Å². The van der Waals surface area contributed by atoms with Gasteiger partial charge in [-0.1, -0.05) is 13.8 Å². The zero-order valence-corrected chi connectivity index (χ0v) is 7.04. The maximum atomic E-state index is 5.59. The zero-order valence-electron chi connectivity index (χ0n) is 6.28. The van der Waals surface area contributed by atoms with Gasteiger partial charge < -0.3 is 5.32 Å². The van der Waals surface area contributed by atoms with Gasteiger partial charge in [-0.2, -0.15) is 0 Å². The average Bonchev–Trinajstić information content (AvgIpc) is 1.89. The summed E-state index contributed by atoms with van der Waals surface area (Å²) in [6.07, 6.45) is 1.20. The normalized spacial score (nSPS) is 13.7. The molecule has 0 aliphatic rings. The van der Waals surface area contributed by atoms with Gasteiger partial charge in [0.25, 0.3) is 0 Å². The Labute approximate surface area is 62.8 Å². The van der Waals surface area contributed by atoms with Gasteiger partial charge in [0.2, 0.25) is 0 Å². The summed E-state index contributed by atoms with van der Waals surface area (Å²) in [4.78, 5) is 0. The van der Waals surface area contributed by atoms with E-state index in [1.807, 2.05) is 0 Å². The second-order valence-electron chi connectivity index (χ2n) is 2.46. The average molecular weight is 150 g/mol. The van der Waals surface area contributed by atoms with Gasteiger partial charge in [-0.3, -0.25) is 0 Å². The molecule has 56 valence electrons. The molecule has 0 radical (unpaired) electrons. The monoisotopic (exact) mass is 149 g/mol. The van der Waals surface area contributed by atoms with Crippen LogP contribution in [0.2, 0.25) is 0 Å². The van der Waals surface area contributed by atoms with Crippen LogP contribution in [0.15, 0.2) is 0 Å². The van der Waals surface area contributed by atoms with Crippen molar-refractivity contribution in [2.24, 2.45) is 5.92 Å². The Morgan fingerprint density at radius 3 is 2.67 bits per heavy atom. The minimum absolute atomic E-state index is 0.609.